The van der Waals surface area contributed by atoms with Crippen LogP contribution in [0.3, 0.4) is 0 Å². The first-order valence-electron chi connectivity index (χ1n) is 5.51. The first kappa shape index (κ1) is 11.8. The monoisotopic (exact) mass is 242 g/mol. The molecule has 1 aromatic rings. The number of rotatable bonds is 2. The molecule has 1 atom stereocenters. The van der Waals surface area contributed by atoms with Crippen LogP contribution in [0, 0.1) is 5.82 Å². The second-order valence-electron chi connectivity index (χ2n) is 4.28. The average Bonchev–Trinajstić information content (AvgIpc) is 2.27. The second-order valence-corrected chi connectivity index (χ2v) is 4.71. The average molecular weight is 243 g/mol. The molecule has 0 radical (unpaired) electrons. The zero-order valence-corrected chi connectivity index (χ0v) is 10.1. The highest BCUT2D eigenvalue weighted by Crippen LogP contribution is 2.18. The summed E-state index contributed by atoms with van der Waals surface area (Å²) in [4.78, 5) is 2.26. The van der Waals surface area contributed by atoms with Crippen LogP contribution in [0.2, 0.25) is 5.02 Å². The molecule has 0 aromatic heterocycles. The van der Waals surface area contributed by atoms with Crippen molar-refractivity contribution in [2.75, 3.05) is 26.7 Å². The van der Waals surface area contributed by atoms with Crippen molar-refractivity contribution in [3.05, 3.63) is 34.6 Å². The summed E-state index contributed by atoms with van der Waals surface area (Å²) in [6.07, 6.45) is 0.704. The third-order valence-electron chi connectivity index (χ3n) is 3.11. The van der Waals surface area contributed by atoms with E-state index in [1.807, 2.05) is 0 Å². The Balaban J connectivity index is 2.10. The van der Waals surface area contributed by atoms with E-state index in [2.05, 4.69) is 17.3 Å². The van der Waals surface area contributed by atoms with Gasteiger partial charge in [0, 0.05) is 30.7 Å². The van der Waals surface area contributed by atoms with Crippen molar-refractivity contribution in [3.8, 4) is 0 Å². The lowest BCUT2D eigenvalue weighted by atomic mass is 10.0. The summed E-state index contributed by atoms with van der Waals surface area (Å²) < 4.78 is 13.6. The minimum absolute atomic E-state index is 0.164. The molecule has 1 fully saturated rings. The molecule has 1 unspecified atom stereocenters. The summed E-state index contributed by atoms with van der Waals surface area (Å²) in [7, 11) is 2.08. The Morgan fingerprint density at radius 3 is 3.12 bits per heavy atom. The van der Waals surface area contributed by atoms with Crippen LogP contribution in [0.15, 0.2) is 18.2 Å². The van der Waals surface area contributed by atoms with Crippen molar-refractivity contribution in [1.29, 1.82) is 0 Å². The standard InChI is InChI=1S/C12H16ClFN2/c1-16-5-4-15-8-11(16)7-9-6-10(13)2-3-12(9)14/h2-3,6,11,15H,4-5,7-8H2,1H3. The Hall–Kier alpha value is -0.640. The molecule has 88 valence electrons. The van der Waals surface area contributed by atoms with Gasteiger partial charge in [0.05, 0.1) is 0 Å². The van der Waals surface area contributed by atoms with Gasteiger partial charge in [-0.3, -0.25) is 0 Å². The molecular formula is C12H16ClFN2. The van der Waals surface area contributed by atoms with E-state index in [0.29, 0.717) is 23.0 Å². The lowest BCUT2D eigenvalue weighted by molar-refractivity contribution is 0.198. The Kier molecular flexibility index (Phi) is 3.79. The summed E-state index contributed by atoms with van der Waals surface area (Å²) in [6.45, 7) is 2.92. The van der Waals surface area contributed by atoms with E-state index in [9.17, 15) is 4.39 Å². The van der Waals surface area contributed by atoms with Crippen molar-refractivity contribution in [1.82, 2.24) is 10.2 Å². The number of hydrogen-bond acceptors (Lipinski definition) is 2. The van der Waals surface area contributed by atoms with Gasteiger partial charge in [-0.2, -0.15) is 0 Å². The van der Waals surface area contributed by atoms with Crippen LogP contribution < -0.4 is 5.32 Å². The van der Waals surface area contributed by atoms with Crippen molar-refractivity contribution < 1.29 is 4.39 Å². The number of nitrogens with zero attached hydrogens (tertiary/aromatic N) is 1. The fourth-order valence-corrected chi connectivity index (χ4v) is 2.24. The molecule has 1 heterocycles. The molecule has 1 aromatic carbocycles. The lowest BCUT2D eigenvalue weighted by Gasteiger charge is -2.33. The van der Waals surface area contributed by atoms with Crippen LogP contribution in [0.5, 0.6) is 0 Å². The molecule has 0 bridgehead atoms. The fraction of sp³-hybridized carbons (Fsp3) is 0.500. The highest BCUT2D eigenvalue weighted by Gasteiger charge is 2.20. The summed E-state index contributed by atoms with van der Waals surface area (Å²) in [5, 5.41) is 3.92. The predicted octanol–water partition coefficient (Wildman–Crippen LogP) is 1.93. The van der Waals surface area contributed by atoms with E-state index in [1.54, 1.807) is 12.1 Å². The highest BCUT2D eigenvalue weighted by atomic mass is 35.5. The Labute approximate surface area is 100 Å². The molecule has 1 aliphatic heterocycles. The summed E-state index contributed by atoms with van der Waals surface area (Å²) in [5.74, 6) is -0.164. The third-order valence-corrected chi connectivity index (χ3v) is 3.34. The molecule has 1 saturated heterocycles. The van der Waals surface area contributed by atoms with Crippen LogP contribution in [-0.2, 0) is 6.42 Å². The van der Waals surface area contributed by atoms with Crippen LogP contribution in [0.25, 0.3) is 0 Å². The molecule has 0 saturated carbocycles. The molecule has 4 heteroatoms. The van der Waals surface area contributed by atoms with Crippen molar-refractivity contribution in [2.24, 2.45) is 0 Å². The first-order valence-corrected chi connectivity index (χ1v) is 5.89. The smallest absolute Gasteiger partial charge is 0.126 e. The van der Waals surface area contributed by atoms with Gasteiger partial charge in [0.1, 0.15) is 5.82 Å². The maximum absolute atomic E-state index is 13.6. The van der Waals surface area contributed by atoms with Gasteiger partial charge in [-0.05, 0) is 37.2 Å². The normalized spacial score (nSPS) is 22.3. The topological polar surface area (TPSA) is 15.3 Å². The quantitative estimate of drug-likeness (QED) is 0.853. The molecule has 2 nitrogen and oxygen atoms in total. The van der Waals surface area contributed by atoms with E-state index in [4.69, 9.17) is 11.6 Å². The van der Waals surface area contributed by atoms with Crippen LogP contribution in [0.1, 0.15) is 5.56 Å². The predicted molar refractivity (Wildman–Crippen MR) is 64.4 cm³/mol. The SMILES string of the molecule is CN1CCNCC1Cc1cc(Cl)ccc1F. The number of likely N-dealkylation sites (N-methyl/N-ethyl adjacent to an activating group) is 1. The first-order chi connectivity index (χ1) is 7.66. The van der Waals surface area contributed by atoms with Gasteiger partial charge in [-0.15, -0.1) is 0 Å². The zero-order chi connectivity index (χ0) is 11.5. The van der Waals surface area contributed by atoms with Gasteiger partial charge >= 0.3 is 0 Å². The van der Waals surface area contributed by atoms with Gasteiger partial charge in [0.25, 0.3) is 0 Å². The molecular weight excluding hydrogens is 227 g/mol. The Morgan fingerprint density at radius 1 is 1.56 bits per heavy atom. The maximum atomic E-state index is 13.6. The van der Waals surface area contributed by atoms with Crippen molar-refractivity contribution >= 4 is 11.6 Å². The number of hydrogen-bond donors (Lipinski definition) is 1. The van der Waals surface area contributed by atoms with E-state index < -0.39 is 0 Å². The van der Waals surface area contributed by atoms with Crippen LogP contribution >= 0.6 is 11.6 Å². The minimum Gasteiger partial charge on any atom is -0.314 e. The van der Waals surface area contributed by atoms with Crippen LogP contribution in [-0.4, -0.2) is 37.6 Å². The van der Waals surface area contributed by atoms with Crippen LogP contribution in [0.4, 0.5) is 4.39 Å². The molecule has 1 aliphatic rings. The number of nitrogens with one attached hydrogen (secondary N) is 1. The number of piperazine rings is 1. The zero-order valence-electron chi connectivity index (χ0n) is 9.34. The highest BCUT2D eigenvalue weighted by molar-refractivity contribution is 6.30. The van der Waals surface area contributed by atoms with E-state index in [0.717, 1.165) is 19.6 Å². The lowest BCUT2D eigenvalue weighted by Crippen LogP contribution is -2.50. The second kappa shape index (κ2) is 5.13. The maximum Gasteiger partial charge on any atom is 0.126 e. The van der Waals surface area contributed by atoms with E-state index in [1.165, 1.54) is 6.07 Å². The Morgan fingerprint density at radius 2 is 2.38 bits per heavy atom. The largest absolute Gasteiger partial charge is 0.314 e. The number of benzene rings is 1. The summed E-state index contributed by atoms with van der Waals surface area (Å²) >= 11 is 5.88. The molecule has 0 aliphatic carbocycles. The van der Waals surface area contributed by atoms with Gasteiger partial charge in [-0.1, -0.05) is 11.6 Å². The fourth-order valence-electron chi connectivity index (χ4n) is 2.04. The third kappa shape index (κ3) is 2.73. The molecule has 2 rings (SSSR count). The number of halogens is 2. The van der Waals surface area contributed by atoms with Gasteiger partial charge in [0.2, 0.25) is 0 Å². The summed E-state index contributed by atoms with van der Waals surface area (Å²) in [6, 6.07) is 5.10. The van der Waals surface area contributed by atoms with Crippen molar-refractivity contribution in [2.45, 2.75) is 12.5 Å². The van der Waals surface area contributed by atoms with Gasteiger partial charge in [-0.25, -0.2) is 4.39 Å². The molecule has 0 amide bonds. The minimum atomic E-state index is -0.164. The van der Waals surface area contributed by atoms with E-state index >= 15 is 0 Å². The van der Waals surface area contributed by atoms with E-state index in [-0.39, 0.29) is 5.82 Å². The Bertz CT molecular complexity index is 370. The van der Waals surface area contributed by atoms with Gasteiger partial charge < -0.3 is 10.2 Å². The van der Waals surface area contributed by atoms with Gasteiger partial charge in [0.15, 0.2) is 0 Å². The molecule has 16 heavy (non-hydrogen) atoms. The molecule has 0 spiro atoms. The summed E-state index contributed by atoms with van der Waals surface area (Å²) in [5.41, 5.74) is 0.702. The van der Waals surface area contributed by atoms with Crippen molar-refractivity contribution in [3.63, 3.8) is 0 Å². The molecule has 1 N–H and O–H groups in total.